The molecule has 0 fully saturated rings. The van der Waals surface area contributed by atoms with Crippen LogP contribution in [0.1, 0.15) is 6.92 Å². The SMILES string of the molecule is CCNS(=O)(=O)CCNc1nc[nH]c(=O)c1N. The van der Waals surface area contributed by atoms with Crippen molar-refractivity contribution in [2.75, 3.05) is 29.9 Å². The molecule has 0 aromatic carbocycles. The van der Waals surface area contributed by atoms with E-state index in [1.807, 2.05) is 0 Å². The van der Waals surface area contributed by atoms with Crippen molar-refractivity contribution < 1.29 is 8.42 Å². The maximum atomic E-state index is 11.3. The summed E-state index contributed by atoms with van der Waals surface area (Å²) >= 11 is 0. The second-order valence-corrected chi connectivity index (χ2v) is 5.16. The van der Waals surface area contributed by atoms with E-state index in [9.17, 15) is 13.2 Å². The highest BCUT2D eigenvalue weighted by Crippen LogP contribution is 2.06. The summed E-state index contributed by atoms with van der Waals surface area (Å²) in [6.07, 6.45) is 1.19. The first kappa shape index (κ1) is 13.5. The highest BCUT2D eigenvalue weighted by molar-refractivity contribution is 7.89. The molecule has 0 aliphatic rings. The van der Waals surface area contributed by atoms with Gasteiger partial charge < -0.3 is 16.0 Å². The molecule has 1 rings (SSSR count). The van der Waals surface area contributed by atoms with Crippen molar-refractivity contribution in [1.82, 2.24) is 14.7 Å². The van der Waals surface area contributed by atoms with Gasteiger partial charge in [-0.15, -0.1) is 0 Å². The molecule has 0 radical (unpaired) electrons. The Morgan fingerprint density at radius 2 is 2.24 bits per heavy atom. The zero-order chi connectivity index (χ0) is 12.9. The number of hydrogen-bond donors (Lipinski definition) is 4. The van der Waals surface area contributed by atoms with Crippen LogP contribution in [0.2, 0.25) is 0 Å². The monoisotopic (exact) mass is 261 g/mol. The van der Waals surface area contributed by atoms with Crippen LogP contribution in [0.3, 0.4) is 0 Å². The third-order valence-corrected chi connectivity index (χ3v) is 3.39. The summed E-state index contributed by atoms with van der Waals surface area (Å²) in [4.78, 5) is 17.2. The second kappa shape index (κ2) is 5.64. The fourth-order valence-electron chi connectivity index (χ4n) is 1.15. The molecule has 9 heteroatoms. The lowest BCUT2D eigenvalue weighted by atomic mass is 10.5. The number of nitrogens with two attached hydrogens (primary N) is 1. The van der Waals surface area contributed by atoms with Crippen LogP contribution >= 0.6 is 0 Å². The van der Waals surface area contributed by atoms with Gasteiger partial charge in [0.05, 0.1) is 12.1 Å². The van der Waals surface area contributed by atoms with E-state index in [1.54, 1.807) is 6.92 Å². The number of H-pyrrole nitrogens is 1. The molecule has 0 saturated carbocycles. The highest BCUT2D eigenvalue weighted by atomic mass is 32.2. The zero-order valence-corrected chi connectivity index (χ0v) is 10.2. The Bertz CT molecular complexity index is 524. The summed E-state index contributed by atoms with van der Waals surface area (Å²) in [5, 5.41) is 2.69. The van der Waals surface area contributed by atoms with Crippen LogP contribution in [0.25, 0.3) is 0 Å². The summed E-state index contributed by atoms with van der Waals surface area (Å²) in [5.41, 5.74) is 4.93. The van der Waals surface area contributed by atoms with Gasteiger partial charge in [-0.3, -0.25) is 4.79 Å². The number of rotatable bonds is 6. The van der Waals surface area contributed by atoms with E-state index in [1.165, 1.54) is 6.33 Å². The standard InChI is InChI=1S/C8H15N5O3S/c1-2-13-17(15,16)4-3-10-7-6(9)8(14)12-5-11-7/h5,13H,2-4,9H2,1H3,(H2,10,11,12,14). The molecule has 0 bridgehead atoms. The van der Waals surface area contributed by atoms with Crippen LogP contribution in [0.5, 0.6) is 0 Å². The first-order valence-electron chi connectivity index (χ1n) is 5.00. The molecule has 0 aliphatic heterocycles. The van der Waals surface area contributed by atoms with Gasteiger partial charge in [-0.25, -0.2) is 18.1 Å². The smallest absolute Gasteiger partial charge is 0.276 e. The van der Waals surface area contributed by atoms with E-state index in [0.717, 1.165) is 0 Å². The molecule has 1 heterocycles. The molecule has 0 atom stereocenters. The molecule has 1 aromatic heterocycles. The van der Waals surface area contributed by atoms with Crippen LogP contribution < -0.4 is 21.3 Å². The van der Waals surface area contributed by atoms with E-state index >= 15 is 0 Å². The molecule has 8 nitrogen and oxygen atoms in total. The molecule has 5 N–H and O–H groups in total. The molecule has 1 aromatic rings. The average Bonchev–Trinajstić information content (AvgIpc) is 2.24. The maximum Gasteiger partial charge on any atom is 0.276 e. The summed E-state index contributed by atoms with van der Waals surface area (Å²) in [6, 6.07) is 0. The van der Waals surface area contributed by atoms with Crippen molar-refractivity contribution >= 4 is 21.5 Å². The minimum Gasteiger partial charge on any atom is -0.391 e. The first-order chi connectivity index (χ1) is 7.96. The fourth-order valence-corrected chi connectivity index (χ4v) is 2.10. The number of nitrogens with zero attached hydrogens (tertiary/aromatic N) is 1. The molecule has 0 amide bonds. The predicted molar refractivity (Wildman–Crippen MR) is 65.2 cm³/mol. The third kappa shape index (κ3) is 4.04. The van der Waals surface area contributed by atoms with Gasteiger partial charge in [0.1, 0.15) is 5.69 Å². The van der Waals surface area contributed by atoms with Gasteiger partial charge in [-0.1, -0.05) is 6.92 Å². The number of nitrogen functional groups attached to an aromatic ring is 1. The minimum atomic E-state index is -3.29. The van der Waals surface area contributed by atoms with Crippen LogP contribution in [-0.4, -0.2) is 37.2 Å². The predicted octanol–water partition coefficient (Wildman–Crippen LogP) is -1.30. The number of sulfonamides is 1. The Morgan fingerprint density at radius 3 is 2.88 bits per heavy atom. The number of aromatic nitrogens is 2. The Labute approximate surface area is 98.7 Å². The van der Waals surface area contributed by atoms with Gasteiger partial charge >= 0.3 is 0 Å². The first-order valence-corrected chi connectivity index (χ1v) is 6.66. The van der Waals surface area contributed by atoms with Gasteiger partial charge in [0.2, 0.25) is 10.0 Å². The van der Waals surface area contributed by atoms with Crippen molar-refractivity contribution in [1.29, 1.82) is 0 Å². The molecular weight excluding hydrogens is 246 g/mol. The molecule has 0 unspecified atom stereocenters. The van der Waals surface area contributed by atoms with Gasteiger partial charge in [-0.2, -0.15) is 0 Å². The van der Waals surface area contributed by atoms with Crippen molar-refractivity contribution in [3.63, 3.8) is 0 Å². The van der Waals surface area contributed by atoms with E-state index in [4.69, 9.17) is 5.73 Å². The van der Waals surface area contributed by atoms with Crippen LogP contribution in [0.4, 0.5) is 11.5 Å². The Kier molecular flexibility index (Phi) is 4.46. The Hall–Kier alpha value is -1.61. The van der Waals surface area contributed by atoms with Crippen molar-refractivity contribution in [3.05, 3.63) is 16.7 Å². The lowest BCUT2D eigenvalue weighted by molar-refractivity contribution is 0.584. The lowest BCUT2D eigenvalue weighted by Gasteiger charge is -2.07. The largest absolute Gasteiger partial charge is 0.391 e. The van der Waals surface area contributed by atoms with Gasteiger partial charge in [0.25, 0.3) is 5.56 Å². The average molecular weight is 261 g/mol. The Morgan fingerprint density at radius 1 is 1.53 bits per heavy atom. The number of nitrogens with one attached hydrogen (secondary N) is 3. The normalized spacial score (nSPS) is 11.4. The van der Waals surface area contributed by atoms with Gasteiger partial charge in [0.15, 0.2) is 5.82 Å². The molecule has 17 heavy (non-hydrogen) atoms. The summed E-state index contributed by atoms with van der Waals surface area (Å²) < 4.78 is 25.0. The van der Waals surface area contributed by atoms with Gasteiger partial charge in [-0.05, 0) is 0 Å². The lowest BCUT2D eigenvalue weighted by Crippen LogP contribution is -2.29. The molecule has 0 spiro atoms. The topological polar surface area (TPSA) is 130 Å². The summed E-state index contributed by atoms with van der Waals surface area (Å²) in [7, 11) is -3.29. The quantitative estimate of drug-likeness (QED) is 0.503. The minimum absolute atomic E-state index is 0.0617. The van der Waals surface area contributed by atoms with E-state index in [-0.39, 0.29) is 23.8 Å². The molecule has 96 valence electrons. The number of aromatic amines is 1. The molecule has 0 saturated heterocycles. The molecule has 0 aliphatic carbocycles. The van der Waals surface area contributed by atoms with Crippen LogP contribution in [-0.2, 0) is 10.0 Å². The van der Waals surface area contributed by atoms with Crippen molar-refractivity contribution in [2.45, 2.75) is 6.92 Å². The molecular formula is C8H15N5O3S. The summed E-state index contributed by atoms with van der Waals surface area (Å²) in [6.45, 7) is 2.16. The van der Waals surface area contributed by atoms with E-state index in [2.05, 4.69) is 20.0 Å². The zero-order valence-electron chi connectivity index (χ0n) is 9.36. The second-order valence-electron chi connectivity index (χ2n) is 3.24. The highest BCUT2D eigenvalue weighted by Gasteiger charge is 2.09. The third-order valence-electron chi connectivity index (χ3n) is 1.92. The van der Waals surface area contributed by atoms with Gasteiger partial charge in [0, 0.05) is 13.1 Å². The number of hydrogen-bond acceptors (Lipinski definition) is 6. The van der Waals surface area contributed by atoms with Crippen LogP contribution in [0, 0.1) is 0 Å². The van der Waals surface area contributed by atoms with E-state index in [0.29, 0.717) is 6.54 Å². The van der Waals surface area contributed by atoms with Crippen LogP contribution in [0.15, 0.2) is 11.1 Å². The van der Waals surface area contributed by atoms with Crippen molar-refractivity contribution in [3.8, 4) is 0 Å². The summed E-state index contributed by atoms with van der Waals surface area (Å²) in [5.74, 6) is 0.0647. The maximum absolute atomic E-state index is 11.3. The van der Waals surface area contributed by atoms with E-state index < -0.39 is 15.6 Å². The Balaban J connectivity index is 2.58. The fraction of sp³-hybridized carbons (Fsp3) is 0.500. The number of anilines is 2. The van der Waals surface area contributed by atoms with Crippen molar-refractivity contribution in [2.24, 2.45) is 0 Å².